The average molecular weight is 429 g/mol. The molecular formula is C22H29ClN6O. The minimum Gasteiger partial charge on any atom is -0.496 e. The molecule has 0 amide bonds. The fourth-order valence-electron chi connectivity index (χ4n) is 4.71. The molecule has 1 saturated heterocycles. The van der Waals surface area contributed by atoms with E-state index in [2.05, 4.69) is 35.8 Å². The van der Waals surface area contributed by atoms with Gasteiger partial charge in [-0.05, 0) is 58.8 Å². The normalized spacial score (nSPS) is 18.7. The minimum atomic E-state index is -0.142. The number of methoxy groups -OCH3 is 1. The molecule has 2 N–H and O–H groups in total. The Kier molecular flexibility index (Phi) is 5.59. The van der Waals surface area contributed by atoms with Crippen LogP contribution in [-0.2, 0) is 0 Å². The van der Waals surface area contributed by atoms with E-state index in [0.717, 1.165) is 45.9 Å². The zero-order chi connectivity index (χ0) is 21.6. The lowest BCUT2D eigenvalue weighted by Gasteiger charge is -2.35. The summed E-state index contributed by atoms with van der Waals surface area (Å²) in [5, 5.41) is 6.27. The van der Waals surface area contributed by atoms with Crippen LogP contribution in [0.4, 0.5) is 5.82 Å². The number of nitrogens with two attached hydrogens (primary N) is 1. The first kappa shape index (κ1) is 20.9. The molecule has 1 fully saturated rings. The quantitative estimate of drug-likeness (QED) is 0.660. The largest absolute Gasteiger partial charge is 0.496 e. The van der Waals surface area contributed by atoms with Gasteiger partial charge in [0.2, 0.25) is 0 Å². The third-order valence-electron chi connectivity index (χ3n) is 6.37. The van der Waals surface area contributed by atoms with Gasteiger partial charge in [0.15, 0.2) is 5.65 Å². The molecule has 7 nitrogen and oxygen atoms in total. The van der Waals surface area contributed by atoms with Crippen LogP contribution in [0.1, 0.15) is 60.7 Å². The van der Waals surface area contributed by atoms with Gasteiger partial charge in [-0.2, -0.15) is 5.10 Å². The van der Waals surface area contributed by atoms with Crippen LogP contribution in [0.2, 0.25) is 5.02 Å². The Labute approximate surface area is 182 Å². The number of fused-ring (bicyclic) bond motifs is 1. The second kappa shape index (κ2) is 8.04. The number of nitrogens with zero attached hydrogens (tertiary/aromatic N) is 5. The van der Waals surface area contributed by atoms with Gasteiger partial charge in [-0.3, -0.25) is 4.90 Å². The number of nitrogen functional groups attached to an aromatic ring is 1. The van der Waals surface area contributed by atoms with E-state index in [0.29, 0.717) is 11.5 Å². The van der Waals surface area contributed by atoms with Crippen molar-refractivity contribution >= 4 is 28.5 Å². The van der Waals surface area contributed by atoms with Crippen molar-refractivity contribution < 1.29 is 4.74 Å². The molecule has 1 aliphatic heterocycles. The van der Waals surface area contributed by atoms with Crippen LogP contribution >= 0.6 is 11.6 Å². The van der Waals surface area contributed by atoms with E-state index in [4.69, 9.17) is 27.2 Å². The summed E-state index contributed by atoms with van der Waals surface area (Å²) in [6.45, 7) is 7.16. The van der Waals surface area contributed by atoms with Crippen LogP contribution in [-0.4, -0.2) is 45.4 Å². The third-order valence-corrected chi connectivity index (χ3v) is 6.76. The lowest BCUT2D eigenvalue weighted by Crippen LogP contribution is -2.30. The molecule has 2 atom stereocenters. The van der Waals surface area contributed by atoms with Gasteiger partial charge >= 0.3 is 0 Å². The fraction of sp³-hybridized carbons (Fsp3) is 0.500. The topological polar surface area (TPSA) is 82.1 Å². The van der Waals surface area contributed by atoms with Gasteiger partial charge in [-0.15, -0.1) is 0 Å². The molecule has 2 aromatic heterocycles. The summed E-state index contributed by atoms with van der Waals surface area (Å²) in [5.74, 6) is 1.32. The summed E-state index contributed by atoms with van der Waals surface area (Å²) in [5.41, 5.74) is 10.9. The van der Waals surface area contributed by atoms with E-state index in [1.54, 1.807) is 7.11 Å². The number of hydrogen-bond donors (Lipinski definition) is 1. The Morgan fingerprint density at radius 2 is 2.03 bits per heavy atom. The van der Waals surface area contributed by atoms with Gasteiger partial charge in [0.25, 0.3) is 0 Å². The monoisotopic (exact) mass is 428 g/mol. The number of rotatable bonds is 4. The molecule has 0 saturated carbocycles. The zero-order valence-corrected chi connectivity index (χ0v) is 19.0. The predicted octanol–water partition coefficient (Wildman–Crippen LogP) is 4.45. The van der Waals surface area contributed by atoms with E-state index < -0.39 is 0 Å². The maximum atomic E-state index is 6.75. The first-order valence-electron chi connectivity index (χ1n) is 10.4. The van der Waals surface area contributed by atoms with Crippen molar-refractivity contribution in [3.8, 4) is 5.75 Å². The van der Waals surface area contributed by atoms with E-state index in [9.17, 15) is 0 Å². The highest BCUT2D eigenvalue weighted by atomic mass is 35.5. The molecule has 0 radical (unpaired) electrons. The summed E-state index contributed by atoms with van der Waals surface area (Å²) in [6.07, 6.45) is 4.99. The summed E-state index contributed by atoms with van der Waals surface area (Å²) in [7, 11) is 3.91. The summed E-state index contributed by atoms with van der Waals surface area (Å²) in [4.78, 5) is 11.0. The Hall–Kier alpha value is -2.38. The molecule has 1 aliphatic rings. The second-order valence-corrected chi connectivity index (χ2v) is 8.58. The van der Waals surface area contributed by atoms with Gasteiger partial charge in [0.1, 0.15) is 17.9 Å². The van der Waals surface area contributed by atoms with Crippen LogP contribution in [0.3, 0.4) is 0 Å². The molecule has 160 valence electrons. The maximum absolute atomic E-state index is 6.75. The number of anilines is 1. The fourth-order valence-corrected chi connectivity index (χ4v) is 4.93. The standard InChI is InChI=1S/C22H29ClN6O/c1-12-16(23)10-15(20(30-5)18(12)17-8-6-7-9-28(17)4)14(3)29-22-19(13(2)27-29)21(24)25-11-26-22/h10-11,14,17H,6-9H2,1-5H3,(H2,24,25,26). The Bertz CT molecular complexity index is 1100. The van der Waals surface area contributed by atoms with Crippen LogP contribution < -0.4 is 10.5 Å². The minimum absolute atomic E-state index is 0.142. The SMILES string of the molecule is COc1c(C(C)n2nc(C)c3c(N)ncnc32)cc(Cl)c(C)c1C1CCCCN1C. The van der Waals surface area contributed by atoms with Crippen molar-refractivity contribution in [2.75, 3.05) is 26.4 Å². The van der Waals surface area contributed by atoms with Crippen LogP contribution in [0.15, 0.2) is 12.4 Å². The molecule has 2 unspecified atom stereocenters. The summed E-state index contributed by atoms with van der Waals surface area (Å²) in [6, 6.07) is 2.14. The lowest BCUT2D eigenvalue weighted by atomic mass is 9.89. The summed E-state index contributed by atoms with van der Waals surface area (Å²) < 4.78 is 7.90. The second-order valence-electron chi connectivity index (χ2n) is 8.18. The third kappa shape index (κ3) is 3.30. The number of hydrogen-bond acceptors (Lipinski definition) is 6. The average Bonchev–Trinajstić information content (AvgIpc) is 3.07. The van der Waals surface area contributed by atoms with E-state index in [1.807, 2.05) is 17.7 Å². The van der Waals surface area contributed by atoms with E-state index >= 15 is 0 Å². The van der Waals surface area contributed by atoms with Gasteiger partial charge in [0.05, 0.1) is 24.2 Å². The molecule has 0 bridgehead atoms. The van der Waals surface area contributed by atoms with Gasteiger partial charge < -0.3 is 10.5 Å². The Morgan fingerprint density at radius 3 is 2.73 bits per heavy atom. The number of ether oxygens (including phenoxy) is 1. The van der Waals surface area contributed by atoms with Crippen molar-refractivity contribution in [3.05, 3.63) is 39.8 Å². The maximum Gasteiger partial charge on any atom is 0.164 e. The van der Waals surface area contributed by atoms with Crippen LogP contribution in [0, 0.1) is 13.8 Å². The van der Waals surface area contributed by atoms with Crippen molar-refractivity contribution in [2.24, 2.45) is 0 Å². The molecule has 3 aromatic rings. The molecular weight excluding hydrogens is 400 g/mol. The van der Waals surface area contributed by atoms with Gasteiger partial charge in [-0.25, -0.2) is 14.6 Å². The predicted molar refractivity (Wildman–Crippen MR) is 120 cm³/mol. The van der Waals surface area contributed by atoms with E-state index in [-0.39, 0.29) is 12.1 Å². The zero-order valence-electron chi connectivity index (χ0n) is 18.2. The van der Waals surface area contributed by atoms with Crippen molar-refractivity contribution in [2.45, 2.75) is 52.1 Å². The highest BCUT2D eigenvalue weighted by Gasteiger charge is 2.30. The van der Waals surface area contributed by atoms with Crippen LogP contribution in [0.25, 0.3) is 11.0 Å². The molecule has 3 heterocycles. The smallest absolute Gasteiger partial charge is 0.164 e. The van der Waals surface area contributed by atoms with Crippen molar-refractivity contribution in [1.82, 2.24) is 24.6 Å². The Balaban J connectivity index is 1.90. The van der Waals surface area contributed by atoms with Crippen LogP contribution in [0.5, 0.6) is 5.75 Å². The number of benzene rings is 1. The number of aryl methyl sites for hydroxylation is 1. The van der Waals surface area contributed by atoms with Crippen molar-refractivity contribution in [1.29, 1.82) is 0 Å². The number of halogens is 1. The lowest BCUT2D eigenvalue weighted by molar-refractivity contribution is 0.182. The first-order valence-corrected chi connectivity index (χ1v) is 10.7. The molecule has 0 spiro atoms. The van der Waals surface area contributed by atoms with Crippen molar-refractivity contribution in [3.63, 3.8) is 0 Å². The molecule has 1 aromatic carbocycles. The molecule has 8 heteroatoms. The molecule has 0 aliphatic carbocycles. The first-order chi connectivity index (χ1) is 14.3. The number of piperidine rings is 1. The number of aromatic nitrogens is 4. The molecule has 4 rings (SSSR count). The van der Waals surface area contributed by atoms with Gasteiger partial charge in [-0.1, -0.05) is 18.0 Å². The highest BCUT2D eigenvalue weighted by Crippen LogP contribution is 2.44. The Morgan fingerprint density at radius 1 is 1.27 bits per heavy atom. The van der Waals surface area contributed by atoms with Gasteiger partial charge in [0, 0.05) is 22.2 Å². The molecule has 30 heavy (non-hydrogen) atoms. The summed E-state index contributed by atoms with van der Waals surface area (Å²) >= 11 is 6.75. The number of likely N-dealkylation sites (tertiary alicyclic amines) is 1. The van der Waals surface area contributed by atoms with E-state index in [1.165, 1.54) is 24.7 Å². The highest BCUT2D eigenvalue weighted by molar-refractivity contribution is 6.31.